The number of hydrogen-bond acceptors (Lipinski definition) is 4. The van der Waals surface area contributed by atoms with Gasteiger partial charge in [-0.3, -0.25) is 9.10 Å². The number of anilines is 1. The molecule has 1 saturated heterocycles. The van der Waals surface area contributed by atoms with Crippen LogP contribution >= 0.6 is 23.2 Å². The predicted octanol–water partition coefficient (Wildman–Crippen LogP) is 4.40. The van der Waals surface area contributed by atoms with Crippen molar-refractivity contribution < 1.29 is 17.9 Å². The van der Waals surface area contributed by atoms with Crippen LogP contribution in [0.25, 0.3) is 0 Å². The molecule has 0 bridgehead atoms. The second-order valence-corrected chi connectivity index (χ2v) is 10.8. The van der Waals surface area contributed by atoms with Crippen LogP contribution in [0.15, 0.2) is 48.5 Å². The SMILES string of the molecule is CC[C@H](C(=O)NCC1(c2ccccc2)CCOCC1)N(c1cc(Cl)cc(Cl)c1)S(C)(=O)=O. The molecule has 1 atom stereocenters. The van der Waals surface area contributed by atoms with Gasteiger partial charge in [0.1, 0.15) is 6.04 Å². The maximum absolute atomic E-state index is 13.3. The van der Waals surface area contributed by atoms with Gasteiger partial charge in [0.15, 0.2) is 0 Å². The van der Waals surface area contributed by atoms with E-state index in [0.29, 0.717) is 29.8 Å². The highest BCUT2D eigenvalue weighted by Gasteiger charge is 2.37. The first-order valence-electron chi connectivity index (χ1n) is 10.5. The monoisotopic (exact) mass is 498 g/mol. The van der Waals surface area contributed by atoms with Crippen molar-refractivity contribution in [3.63, 3.8) is 0 Å². The van der Waals surface area contributed by atoms with Gasteiger partial charge in [0.25, 0.3) is 0 Å². The fourth-order valence-electron chi connectivity index (χ4n) is 4.22. The van der Waals surface area contributed by atoms with Gasteiger partial charge in [0, 0.05) is 35.2 Å². The zero-order chi connectivity index (χ0) is 23.4. The van der Waals surface area contributed by atoms with Crippen molar-refractivity contribution >= 4 is 44.8 Å². The molecular weight excluding hydrogens is 471 g/mol. The third kappa shape index (κ3) is 5.76. The van der Waals surface area contributed by atoms with Gasteiger partial charge in [-0.1, -0.05) is 60.5 Å². The lowest BCUT2D eigenvalue weighted by Gasteiger charge is -2.39. The molecule has 1 heterocycles. The number of hydrogen-bond donors (Lipinski definition) is 1. The van der Waals surface area contributed by atoms with E-state index in [1.807, 2.05) is 18.2 Å². The van der Waals surface area contributed by atoms with Crippen LogP contribution in [0.2, 0.25) is 10.0 Å². The molecule has 0 saturated carbocycles. The summed E-state index contributed by atoms with van der Waals surface area (Å²) in [5.41, 5.74) is 1.14. The molecule has 1 N–H and O–H groups in total. The van der Waals surface area contributed by atoms with E-state index >= 15 is 0 Å². The van der Waals surface area contributed by atoms with Crippen molar-refractivity contribution in [2.24, 2.45) is 0 Å². The molecule has 1 amide bonds. The minimum absolute atomic E-state index is 0.260. The number of carbonyl (C=O) groups excluding carboxylic acids is 1. The van der Waals surface area contributed by atoms with Crippen molar-refractivity contribution in [3.8, 4) is 0 Å². The normalized spacial score (nSPS) is 16.9. The van der Waals surface area contributed by atoms with Crippen molar-refractivity contribution in [3.05, 3.63) is 64.1 Å². The number of halogens is 2. The molecule has 0 radical (unpaired) electrons. The Morgan fingerprint density at radius 2 is 1.72 bits per heavy atom. The Bertz CT molecular complexity index is 1020. The fraction of sp³-hybridized carbons (Fsp3) is 0.435. The Morgan fingerprint density at radius 1 is 1.12 bits per heavy atom. The summed E-state index contributed by atoms with van der Waals surface area (Å²) in [6.45, 7) is 3.39. The van der Waals surface area contributed by atoms with Crippen LogP contribution in [-0.4, -0.2) is 46.4 Å². The lowest BCUT2D eigenvalue weighted by Crippen LogP contribution is -2.52. The van der Waals surface area contributed by atoms with E-state index in [4.69, 9.17) is 27.9 Å². The molecule has 32 heavy (non-hydrogen) atoms. The molecular formula is C23H28Cl2N2O4S. The highest BCUT2D eigenvalue weighted by atomic mass is 35.5. The fourth-order valence-corrected chi connectivity index (χ4v) is 5.93. The van der Waals surface area contributed by atoms with Gasteiger partial charge < -0.3 is 10.1 Å². The molecule has 0 aliphatic carbocycles. The minimum atomic E-state index is -3.78. The lowest BCUT2D eigenvalue weighted by atomic mass is 9.74. The summed E-state index contributed by atoms with van der Waals surface area (Å²) >= 11 is 12.2. The Balaban J connectivity index is 1.87. The molecule has 0 unspecified atom stereocenters. The standard InChI is InChI=1S/C23H28Cl2N2O4S/c1-3-21(27(32(2,29)30)20-14-18(24)13-19(25)15-20)22(28)26-16-23(9-11-31-12-10-23)17-7-5-4-6-8-17/h4-8,13-15,21H,3,9-12,16H2,1-2H3,(H,26,28)/t21-/m1/s1. The van der Waals surface area contributed by atoms with Crippen molar-refractivity contribution in [1.29, 1.82) is 0 Å². The number of carbonyl (C=O) groups is 1. The van der Waals surface area contributed by atoms with Gasteiger partial charge in [-0.25, -0.2) is 8.42 Å². The average Bonchev–Trinajstić information content (AvgIpc) is 2.75. The van der Waals surface area contributed by atoms with E-state index in [1.165, 1.54) is 18.2 Å². The highest BCUT2D eigenvalue weighted by Crippen LogP contribution is 2.34. The summed E-state index contributed by atoms with van der Waals surface area (Å²) in [4.78, 5) is 13.3. The Labute approximate surface area is 199 Å². The minimum Gasteiger partial charge on any atom is -0.381 e. The van der Waals surface area contributed by atoms with E-state index in [9.17, 15) is 13.2 Å². The molecule has 1 fully saturated rings. The van der Waals surface area contributed by atoms with E-state index < -0.39 is 16.1 Å². The average molecular weight is 499 g/mol. The van der Waals surface area contributed by atoms with E-state index in [1.54, 1.807) is 6.92 Å². The largest absolute Gasteiger partial charge is 0.381 e. The van der Waals surface area contributed by atoms with Crippen LogP contribution in [0, 0.1) is 0 Å². The molecule has 174 valence electrons. The van der Waals surface area contributed by atoms with Crippen LogP contribution in [-0.2, 0) is 25.0 Å². The van der Waals surface area contributed by atoms with Crippen LogP contribution in [0.3, 0.4) is 0 Å². The molecule has 6 nitrogen and oxygen atoms in total. The van der Waals surface area contributed by atoms with Gasteiger partial charge in [0.2, 0.25) is 15.9 Å². The first kappa shape index (κ1) is 24.8. The number of sulfonamides is 1. The molecule has 0 spiro atoms. The first-order valence-corrected chi connectivity index (χ1v) is 13.1. The van der Waals surface area contributed by atoms with Gasteiger partial charge in [-0.05, 0) is 43.0 Å². The maximum atomic E-state index is 13.3. The van der Waals surface area contributed by atoms with Crippen molar-refractivity contribution in [2.45, 2.75) is 37.6 Å². The van der Waals surface area contributed by atoms with Crippen LogP contribution < -0.4 is 9.62 Å². The van der Waals surface area contributed by atoms with Crippen LogP contribution in [0.4, 0.5) is 5.69 Å². The Hall–Kier alpha value is -1.80. The lowest BCUT2D eigenvalue weighted by molar-refractivity contribution is -0.122. The second-order valence-electron chi connectivity index (χ2n) is 8.09. The Kier molecular flexibility index (Phi) is 8.09. The van der Waals surface area contributed by atoms with E-state index in [0.717, 1.165) is 29.0 Å². The van der Waals surface area contributed by atoms with E-state index in [-0.39, 0.29) is 23.4 Å². The number of nitrogens with one attached hydrogen (secondary N) is 1. The third-order valence-corrected chi connectivity index (χ3v) is 7.48. The number of ether oxygens (including phenoxy) is 1. The smallest absolute Gasteiger partial charge is 0.243 e. The predicted molar refractivity (Wildman–Crippen MR) is 129 cm³/mol. The Morgan fingerprint density at radius 3 is 2.25 bits per heavy atom. The summed E-state index contributed by atoms with van der Waals surface area (Å²) < 4.78 is 32.0. The maximum Gasteiger partial charge on any atom is 0.243 e. The molecule has 2 aromatic carbocycles. The third-order valence-electron chi connectivity index (χ3n) is 5.87. The molecule has 2 aromatic rings. The highest BCUT2D eigenvalue weighted by molar-refractivity contribution is 7.92. The van der Waals surface area contributed by atoms with Gasteiger partial charge in [0.05, 0.1) is 11.9 Å². The van der Waals surface area contributed by atoms with Crippen molar-refractivity contribution in [2.75, 3.05) is 30.3 Å². The molecule has 1 aliphatic rings. The second kappa shape index (κ2) is 10.4. The molecule has 0 aromatic heterocycles. The number of rotatable bonds is 8. The molecule has 3 rings (SSSR count). The first-order chi connectivity index (χ1) is 15.2. The quantitative estimate of drug-likeness (QED) is 0.584. The van der Waals surface area contributed by atoms with E-state index in [2.05, 4.69) is 17.4 Å². The summed E-state index contributed by atoms with van der Waals surface area (Å²) in [7, 11) is -3.78. The van der Waals surface area contributed by atoms with Crippen LogP contribution in [0.5, 0.6) is 0 Å². The molecule has 9 heteroatoms. The van der Waals surface area contributed by atoms with Gasteiger partial charge in [-0.2, -0.15) is 0 Å². The summed E-state index contributed by atoms with van der Waals surface area (Å²) in [6, 6.07) is 13.6. The molecule has 1 aliphatic heterocycles. The summed E-state index contributed by atoms with van der Waals surface area (Å²) in [6.07, 6.45) is 2.90. The zero-order valence-electron chi connectivity index (χ0n) is 18.2. The summed E-state index contributed by atoms with van der Waals surface area (Å²) in [5.74, 6) is -0.365. The van der Waals surface area contributed by atoms with Crippen LogP contribution in [0.1, 0.15) is 31.7 Å². The zero-order valence-corrected chi connectivity index (χ0v) is 20.5. The number of nitrogens with zero attached hydrogens (tertiary/aromatic N) is 1. The number of benzene rings is 2. The van der Waals surface area contributed by atoms with Gasteiger partial charge >= 0.3 is 0 Å². The van der Waals surface area contributed by atoms with Gasteiger partial charge in [-0.15, -0.1) is 0 Å². The topological polar surface area (TPSA) is 75.7 Å². The summed E-state index contributed by atoms with van der Waals surface area (Å²) in [5, 5.41) is 3.61. The van der Waals surface area contributed by atoms with Crippen molar-refractivity contribution in [1.82, 2.24) is 5.32 Å². The number of amides is 1.